The second kappa shape index (κ2) is 3.83. The molecule has 0 aliphatic heterocycles. The normalized spacial score (nSPS) is 22.5. The molecule has 1 heterocycles. The topological polar surface area (TPSA) is 45.4 Å². The van der Waals surface area contributed by atoms with E-state index in [4.69, 9.17) is 11.6 Å². The van der Waals surface area contributed by atoms with Crippen molar-refractivity contribution in [2.24, 2.45) is 0 Å². The number of aromatic nitrogens is 1. The van der Waals surface area contributed by atoms with Crippen molar-refractivity contribution in [1.29, 1.82) is 0 Å². The van der Waals surface area contributed by atoms with Crippen LogP contribution in [0.2, 0.25) is 5.02 Å². The number of nitrogens with zero attached hydrogens (tertiary/aromatic N) is 1. The van der Waals surface area contributed by atoms with Gasteiger partial charge in [-0.15, -0.1) is 0 Å². The zero-order valence-corrected chi connectivity index (χ0v) is 11.7. The second-order valence-electron chi connectivity index (χ2n) is 5.58. The van der Waals surface area contributed by atoms with Gasteiger partial charge in [-0.25, -0.2) is 0 Å². The molecule has 0 radical (unpaired) electrons. The van der Waals surface area contributed by atoms with Crippen LogP contribution in [-0.4, -0.2) is 14.8 Å². The van der Waals surface area contributed by atoms with Crippen molar-refractivity contribution < 1.29 is 10.2 Å². The Hall–Kier alpha value is -1.87. The highest BCUT2D eigenvalue weighted by atomic mass is 35.5. The molecule has 0 saturated carbocycles. The van der Waals surface area contributed by atoms with Crippen LogP contribution in [-0.2, 0) is 0 Å². The van der Waals surface area contributed by atoms with Gasteiger partial charge in [0.25, 0.3) is 0 Å². The Morgan fingerprint density at radius 1 is 1.10 bits per heavy atom. The van der Waals surface area contributed by atoms with Gasteiger partial charge in [-0.1, -0.05) is 29.8 Å². The predicted molar refractivity (Wildman–Crippen MR) is 78.1 cm³/mol. The van der Waals surface area contributed by atoms with Crippen LogP contribution < -0.4 is 0 Å². The van der Waals surface area contributed by atoms with E-state index in [1.165, 1.54) is 4.57 Å². The molecule has 20 heavy (non-hydrogen) atoms. The summed E-state index contributed by atoms with van der Waals surface area (Å²) in [5, 5.41) is 21.6. The second-order valence-corrected chi connectivity index (χ2v) is 5.98. The average Bonchev–Trinajstić information content (AvgIpc) is 3.08. The third-order valence-corrected chi connectivity index (χ3v) is 4.84. The van der Waals surface area contributed by atoms with E-state index in [1.54, 1.807) is 6.07 Å². The molecule has 1 aromatic heterocycles. The number of hydrogen-bond donors (Lipinski definition) is 2. The van der Waals surface area contributed by atoms with Crippen molar-refractivity contribution in [1.82, 2.24) is 4.57 Å². The van der Waals surface area contributed by atoms with Crippen molar-refractivity contribution in [2.45, 2.75) is 25.2 Å². The molecule has 102 valence electrons. The maximum atomic E-state index is 10.5. The summed E-state index contributed by atoms with van der Waals surface area (Å²) < 4.78 is 1.49. The van der Waals surface area contributed by atoms with Gasteiger partial charge in [-0.2, -0.15) is 0 Å². The Kier molecular flexibility index (Phi) is 2.28. The smallest absolute Gasteiger partial charge is 0.202 e. The van der Waals surface area contributed by atoms with E-state index in [-0.39, 0.29) is 23.6 Å². The third kappa shape index (κ3) is 1.36. The fourth-order valence-electron chi connectivity index (χ4n) is 3.41. The molecule has 0 amide bonds. The van der Waals surface area contributed by atoms with E-state index in [0.29, 0.717) is 10.7 Å². The Balaban J connectivity index is 1.94. The molecular weight excluding hydrogens is 274 g/mol. The van der Waals surface area contributed by atoms with Crippen molar-refractivity contribution >= 4 is 11.6 Å². The number of halogens is 1. The van der Waals surface area contributed by atoms with Crippen molar-refractivity contribution in [3.63, 3.8) is 0 Å². The summed E-state index contributed by atoms with van der Waals surface area (Å²) in [4.78, 5) is 0. The summed E-state index contributed by atoms with van der Waals surface area (Å²) in [5.74, 6) is 0.717. The van der Waals surface area contributed by atoms with E-state index < -0.39 is 0 Å². The van der Waals surface area contributed by atoms with Gasteiger partial charge in [-0.05, 0) is 31.0 Å². The van der Waals surface area contributed by atoms with Gasteiger partial charge in [0.05, 0.1) is 5.69 Å². The van der Waals surface area contributed by atoms with Crippen LogP contribution >= 0.6 is 11.6 Å². The van der Waals surface area contributed by atoms with Gasteiger partial charge in [-0.3, -0.25) is 4.57 Å². The summed E-state index contributed by atoms with van der Waals surface area (Å²) >= 11 is 6.14. The number of fused-ring (bicyclic) bond motifs is 5. The molecule has 1 aromatic carbocycles. The van der Waals surface area contributed by atoms with Crippen LogP contribution in [0, 0.1) is 6.92 Å². The molecule has 2 aliphatic rings. The molecule has 0 spiro atoms. The van der Waals surface area contributed by atoms with Crippen LogP contribution in [0.3, 0.4) is 0 Å². The molecule has 2 atom stereocenters. The zero-order chi connectivity index (χ0) is 14.0. The maximum absolute atomic E-state index is 10.5. The lowest BCUT2D eigenvalue weighted by Gasteiger charge is -2.11. The minimum Gasteiger partial charge on any atom is -0.494 e. The lowest BCUT2D eigenvalue weighted by Crippen LogP contribution is -1.96. The summed E-state index contributed by atoms with van der Waals surface area (Å²) in [6, 6.07) is 5.50. The molecule has 0 fully saturated rings. The van der Waals surface area contributed by atoms with Gasteiger partial charge in [0, 0.05) is 28.0 Å². The summed E-state index contributed by atoms with van der Waals surface area (Å²) in [7, 11) is 0. The Bertz CT molecular complexity index is 725. The first-order valence-corrected chi connectivity index (χ1v) is 7.07. The molecule has 2 N–H and O–H groups in total. The lowest BCUT2D eigenvalue weighted by molar-refractivity contribution is 0.395. The van der Waals surface area contributed by atoms with E-state index in [0.717, 1.165) is 23.1 Å². The van der Waals surface area contributed by atoms with E-state index in [9.17, 15) is 10.2 Å². The molecule has 2 aliphatic carbocycles. The molecule has 4 rings (SSSR count). The first kappa shape index (κ1) is 11.9. The fraction of sp³-hybridized carbons (Fsp3) is 0.250. The molecule has 4 heteroatoms. The Morgan fingerprint density at radius 3 is 2.25 bits per heavy atom. The number of aromatic hydroxyl groups is 2. The first-order valence-electron chi connectivity index (χ1n) is 6.69. The van der Waals surface area contributed by atoms with Gasteiger partial charge < -0.3 is 10.2 Å². The van der Waals surface area contributed by atoms with Crippen LogP contribution in [0.1, 0.15) is 34.9 Å². The zero-order valence-electron chi connectivity index (χ0n) is 11.0. The monoisotopic (exact) mass is 287 g/mol. The van der Waals surface area contributed by atoms with E-state index in [1.807, 2.05) is 19.1 Å². The highest BCUT2D eigenvalue weighted by Crippen LogP contribution is 2.57. The molecule has 3 nitrogen and oxygen atoms in total. The molecule has 0 saturated heterocycles. The molecule has 2 aromatic rings. The molecule has 2 bridgehead atoms. The highest BCUT2D eigenvalue weighted by molar-refractivity contribution is 6.31. The van der Waals surface area contributed by atoms with Gasteiger partial charge in [0.1, 0.15) is 0 Å². The number of aryl methyl sites for hydroxylation is 1. The minimum atomic E-state index is 0.134. The standard InChI is InChI=1S/C16H14ClNO2/c1-8-2-5-11(7-12(8)17)18-15(19)13-9-3-4-10(6-9)14(13)16(18)20/h2-5,7,9-10,19-20H,6H2,1H3/t9-,10+. The summed E-state index contributed by atoms with van der Waals surface area (Å²) in [6.45, 7) is 1.92. The number of benzene rings is 1. The fourth-order valence-corrected chi connectivity index (χ4v) is 3.58. The van der Waals surface area contributed by atoms with Gasteiger partial charge in [0.2, 0.25) is 11.8 Å². The highest BCUT2D eigenvalue weighted by Gasteiger charge is 2.41. The SMILES string of the molecule is Cc1ccc(-n2c(O)c3c(c2O)[C@H]2C=C[C@@H]3C2)cc1Cl. The largest absolute Gasteiger partial charge is 0.494 e. The average molecular weight is 288 g/mol. The van der Waals surface area contributed by atoms with Gasteiger partial charge >= 0.3 is 0 Å². The Labute approximate surface area is 121 Å². The maximum Gasteiger partial charge on any atom is 0.202 e. The van der Waals surface area contributed by atoms with Crippen LogP contribution in [0.25, 0.3) is 5.69 Å². The van der Waals surface area contributed by atoms with E-state index in [2.05, 4.69) is 12.2 Å². The summed E-state index contributed by atoms with van der Waals surface area (Å²) in [6.07, 6.45) is 5.18. The van der Waals surface area contributed by atoms with Crippen molar-refractivity contribution in [2.75, 3.05) is 0 Å². The van der Waals surface area contributed by atoms with Crippen molar-refractivity contribution in [3.8, 4) is 17.4 Å². The third-order valence-electron chi connectivity index (χ3n) is 4.43. The number of rotatable bonds is 1. The first-order chi connectivity index (χ1) is 9.58. The van der Waals surface area contributed by atoms with Crippen LogP contribution in [0.4, 0.5) is 0 Å². The van der Waals surface area contributed by atoms with Gasteiger partial charge in [0.15, 0.2) is 0 Å². The summed E-state index contributed by atoms with van der Waals surface area (Å²) in [5.41, 5.74) is 3.39. The minimum absolute atomic E-state index is 0.134. The van der Waals surface area contributed by atoms with Crippen LogP contribution in [0.15, 0.2) is 30.4 Å². The predicted octanol–water partition coefficient (Wildman–Crippen LogP) is 3.99. The number of hydrogen-bond acceptors (Lipinski definition) is 2. The quantitative estimate of drug-likeness (QED) is 0.779. The number of allylic oxidation sites excluding steroid dienone is 2. The van der Waals surface area contributed by atoms with E-state index >= 15 is 0 Å². The molecule has 0 unspecified atom stereocenters. The lowest BCUT2D eigenvalue weighted by atomic mass is 10.0. The van der Waals surface area contributed by atoms with Crippen LogP contribution in [0.5, 0.6) is 11.8 Å². The Morgan fingerprint density at radius 2 is 1.70 bits per heavy atom. The van der Waals surface area contributed by atoms with Crippen molar-refractivity contribution in [3.05, 3.63) is 52.1 Å². The molecular formula is C16H14ClNO2.